The molecule has 15 heavy (non-hydrogen) atoms. The molecule has 1 N–H and O–H groups in total. The fraction of sp³-hybridized carbons (Fsp3) is 0.636. The highest BCUT2D eigenvalue weighted by Crippen LogP contribution is 2.24. The molecule has 0 amide bonds. The molecule has 1 rings (SSSR count). The van der Waals surface area contributed by atoms with E-state index in [1.807, 2.05) is 13.0 Å². The van der Waals surface area contributed by atoms with Crippen molar-refractivity contribution < 1.29 is 4.74 Å². The normalized spacial score (nSPS) is 14.9. The van der Waals surface area contributed by atoms with E-state index in [1.165, 1.54) is 0 Å². The zero-order valence-corrected chi connectivity index (χ0v) is 10.6. The van der Waals surface area contributed by atoms with Gasteiger partial charge in [-0.3, -0.25) is 0 Å². The third-order valence-corrected chi connectivity index (χ3v) is 3.01. The Balaban J connectivity index is 3.24. The SMILES string of the molecule is CCc1cc(=S)nc(C(C)(CC)OC)[nH]1. The molecule has 4 heteroatoms. The highest BCUT2D eigenvalue weighted by atomic mass is 32.1. The molecule has 0 radical (unpaired) electrons. The quantitative estimate of drug-likeness (QED) is 0.802. The van der Waals surface area contributed by atoms with Crippen molar-refractivity contribution in [2.45, 2.75) is 39.2 Å². The molecule has 0 saturated carbocycles. The van der Waals surface area contributed by atoms with E-state index < -0.39 is 0 Å². The zero-order chi connectivity index (χ0) is 11.5. The summed E-state index contributed by atoms with van der Waals surface area (Å²) in [6.45, 7) is 6.17. The maximum atomic E-state index is 5.49. The number of nitrogens with zero attached hydrogens (tertiary/aromatic N) is 1. The number of aromatic amines is 1. The Bertz CT molecular complexity index is 382. The first-order valence-corrected chi connectivity index (χ1v) is 5.62. The van der Waals surface area contributed by atoms with Gasteiger partial charge in [0.25, 0.3) is 0 Å². The van der Waals surface area contributed by atoms with E-state index in [1.54, 1.807) is 7.11 Å². The van der Waals surface area contributed by atoms with Crippen molar-refractivity contribution in [3.8, 4) is 0 Å². The van der Waals surface area contributed by atoms with Gasteiger partial charge in [0.15, 0.2) is 0 Å². The summed E-state index contributed by atoms with van der Waals surface area (Å²) >= 11 is 5.13. The summed E-state index contributed by atoms with van der Waals surface area (Å²) in [6.07, 6.45) is 1.78. The van der Waals surface area contributed by atoms with Crippen LogP contribution in [-0.2, 0) is 16.8 Å². The van der Waals surface area contributed by atoms with Crippen molar-refractivity contribution in [1.29, 1.82) is 0 Å². The first-order valence-electron chi connectivity index (χ1n) is 5.21. The predicted molar refractivity (Wildman–Crippen MR) is 63.5 cm³/mol. The molecule has 1 aromatic heterocycles. The monoisotopic (exact) mass is 226 g/mol. The van der Waals surface area contributed by atoms with Crippen LogP contribution in [0.2, 0.25) is 0 Å². The highest BCUT2D eigenvalue weighted by Gasteiger charge is 2.26. The van der Waals surface area contributed by atoms with E-state index in [4.69, 9.17) is 17.0 Å². The summed E-state index contributed by atoms with van der Waals surface area (Å²) in [7, 11) is 1.70. The minimum Gasteiger partial charge on any atom is -0.371 e. The van der Waals surface area contributed by atoms with Crippen LogP contribution in [0.3, 0.4) is 0 Å². The minimum atomic E-state index is -0.376. The van der Waals surface area contributed by atoms with E-state index in [2.05, 4.69) is 23.8 Å². The Morgan fingerprint density at radius 3 is 2.67 bits per heavy atom. The van der Waals surface area contributed by atoms with E-state index >= 15 is 0 Å². The van der Waals surface area contributed by atoms with Crippen LogP contribution in [0.5, 0.6) is 0 Å². The van der Waals surface area contributed by atoms with Crippen molar-refractivity contribution >= 4 is 12.2 Å². The summed E-state index contributed by atoms with van der Waals surface area (Å²) in [5, 5.41) is 0. The smallest absolute Gasteiger partial charge is 0.139 e. The predicted octanol–water partition coefficient (Wildman–Crippen LogP) is 2.97. The lowest BCUT2D eigenvalue weighted by molar-refractivity contribution is -0.00923. The van der Waals surface area contributed by atoms with Gasteiger partial charge in [-0.25, -0.2) is 4.98 Å². The molecule has 0 aliphatic heterocycles. The van der Waals surface area contributed by atoms with Gasteiger partial charge in [-0.05, 0) is 25.8 Å². The molecule has 1 aromatic rings. The zero-order valence-electron chi connectivity index (χ0n) is 9.76. The maximum Gasteiger partial charge on any atom is 0.139 e. The fourth-order valence-electron chi connectivity index (χ4n) is 1.36. The van der Waals surface area contributed by atoms with Crippen LogP contribution in [0, 0.1) is 4.64 Å². The van der Waals surface area contributed by atoms with Gasteiger partial charge in [0.05, 0.1) is 0 Å². The number of ether oxygens (including phenoxy) is 1. The average Bonchev–Trinajstić information content (AvgIpc) is 2.27. The molecular weight excluding hydrogens is 208 g/mol. The average molecular weight is 226 g/mol. The van der Waals surface area contributed by atoms with Crippen LogP contribution < -0.4 is 0 Å². The van der Waals surface area contributed by atoms with E-state index in [9.17, 15) is 0 Å². The number of hydrogen-bond acceptors (Lipinski definition) is 3. The van der Waals surface area contributed by atoms with E-state index in [0.29, 0.717) is 4.64 Å². The number of H-pyrrole nitrogens is 1. The lowest BCUT2D eigenvalue weighted by Gasteiger charge is -2.25. The van der Waals surface area contributed by atoms with Crippen LogP contribution >= 0.6 is 12.2 Å². The Hall–Kier alpha value is -0.740. The number of rotatable bonds is 4. The van der Waals surface area contributed by atoms with Crippen LogP contribution in [0.4, 0.5) is 0 Å². The first kappa shape index (κ1) is 12.3. The molecule has 0 aromatic carbocycles. The fourth-order valence-corrected chi connectivity index (χ4v) is 1.59. The second-order valence-electron chi connectivity index (χ2n) is 3.74. The Labute approximate surface area is 95.9 Å². The molecule has 3 nitrogen and oxygen atoms in total. The molecule has 0 spiro atoms. The van der Waals surface area contributed by atoms with E-state index in [-0.39, 0.29) is 5.60 Å². The molecule has 1 unspecified atom stereocenters. The number of aromatic nitrogens is 2. The van der Waals surface area contributed by atoms with Crippen molar-refractivity contribution in [1.82, 2.24) is 9.97 Å². The minimum absolute atomic E-state index is 0.376. The molecule has 0 aliphatic carbocycles. The third-order valence-electron chi connectivity index (χ3n) is 2.81. The molecule has 84 valence electrons. The van der Waals surface area contributed by atoms with Gasteiger partial charge >= 0.3 is 0 Å². The molecule has 0 bridgehead atoms. The largest absolute Gasteiger partial charge is 0.371 e. The van der Waals surface area contributed by atoms with Crippen molar-refractivity contribution in [3.63, 3.8) is 0 Å². The van der Waals surface area contributed by atoms with Crippen molar-refractivity contribution in [2.75, 3.05) is 7.11 Å². The highest BCUT2D eigenvalue weighted by molar-refractivity contribution is 7.71. The second kappa shape index (κ2) is 4.86. The topological polar surface area (TPSA) is 37.9 Å². The van der Waals surface area contributed by atoms with Crippen molar-refractivity contribution in [2.24, 2.45) is 0 Å². The Morgan fingerprint density at radius 2 is 2.20 bits per heavy atom. The summed E-state index contributed by atoms with van der Waals surface area (Å²) in [5.41, 5.74) is 0.723. The Kier molecular flexibility index (Phi) is 3.99. The number of methoxy groups -OCH3 is 1. The third kappa shape index (κ3) is 2.63. The van der Waals surface area contributed by atoms with Gasteiger partial charge in [0.1, 0.15) is 16.1 Å². The van der Waals surface area contributed by atoms with Gasteiger partial charge in [0, 0.05) is 12.8 Å². The van der Waals surface area contributed by atoms with Gasteiger partial charge in [-0.2, -0.15) is 0 Å². The summed E-state index contributed by atoms with van der Waals surface area (Å²) in [5.74, 6) is 0.817. The van der Waals surface area contributed by atoms with Gasteiger partial charge in [0.2, 0.25) is 0 Å². The number of aryl methyl sites for hydroxylation is 1. The molecular formula is C11H18N2OS. The van der Waals surface area contributed by atoms with Gasteiger partial charge in [-0.15, -0.1) is 0 Å². The van der Waals surface area contributed by atoms with Crippen LogP contribution in [0.1, 0.15) is 38.7 Å². The number of nitrogens with one attached hydrogen (secondary N) is 1. The maximum absolute atomic E-state index is 5.49. The molecule has 1 heterocycles. The van der Waals surface area contributed by atoms with Crippen LogP contribution in [-0.4, -0.2) is 17.1 Å². The van der Waals surface area contributed by atoms with E-state index in [0.717, 1.165) is 24.4 Å². The molecule has 0 aliphatic rings. The second-order valence-corrected chi connectivity index (χ2v) is 4.15. The summed E-state index contributed by atoms with van der Waals surface area (Å²) < 4.78 is 6.11. The lowest BCUT2D eigenvalue weighted by atomic mass is 10.0. The number of hydrogen-bond donors (Lipinski definition) is 1. The Morgan fingerprint density at radius 1 is 1.53 bits per heavy atom. The van der Waals surface area contributed by atoms with Crippen LogP contribution in [0.25, 0.3) is 0 Å². The summed E-state index contributed by atoms with van der Waals surface area (Å²) in [4.78, 5) is 7.60. The van der Waals surface area contributed by atoms with Crippen LogP contribution in [0.15, 0.2) is 6.07 Å². The standard InChI is InChI=1S/C11H18N2OS/c1-5-8-7-9(15)13-10(12-8)11(3,6-2)14-4/h7H,5-6H2,1-4H3,(H,12,13,15). The van der Waals surface area contributed by atoms with Gasteiger partial charge < -0.3 is 9.72 Å². The molecule has 0 saturated heterocycles. The summed E-state index contributed by atoms with van der Waals surface area (Å²) in [6, 6.07) is 1.89. The van der Waals surface area contributed by atoms with Crippen molar-refractivity contribution in [3.05, 3.63) is 22.2 Å². The van der Waals surface area contributed by atoms with Gasteiger partial charge in [-0.1, -0.05) is 26.1 Å². The first-order chi connectivity index (χ1) is 7.05. The molecule has 0 fully saturated rings. The lowest BCUT2D eigenvalue weighted by Crippen LogP contribution is -2.26. The molecule has 1 atom stereocenters.